The van der Waals surface area contributed by atoms with Crippen molar-refractivity contribution in [3.8, 4) is 5.75 Å². The number of halogens is 1. The van der Waals surface area contributed by atoms with Gasteiger partial charge in [0.1, 0.15) is 5.75 Å². The summed E-state index contributed by atoms with van der Waals surface area (Å²) in [5, 5.41) is 0.647. The maximum Gasteiger partial charge on any atom is 0.166 e. The van der Waals surface area contributed by atoms with Crippen molar-refractivity contribution in [3.63, 3.8) is 0 Å². The Balaban J connectivity index is 1.84. The van der Waals surface area contributed by atoms with E-state index in [0.29, 0.717) is 29.5 Å². The zero-order valence-corrected chi connectivity index (χ0v) is 11.1. The van der Waals surface area contributed by atoms with Crippen LogP contribution < -0.4 is 4.74 Å². The molecule has 0 N–H and O–H groups in total. The van der Waals surface area contributed by atoms with Crippen LogP contribution >= 0.6 is 11.6 Å². The first-order valence-electron chi connectivity index (χ1n) is 6.72. The second-order valence-corrected chi connectivity index (χ2v) is 5.75. The molecule has 1 heterocycles. The minimum atomic E-state index is 0.197. The Morgan fingerprint density at radius 1 is 1.33 bits per heavy atom. The highest BCUT2D eigenvalue weighted by molar-refractivity contribution is 6.31. The summed E-state index contributed by atoms with van der Waals surface area (Å²) in [5.74, 6) is 1.54. The van der Waals surface area contributed by atoms with Crippen LogP contribution in [0.2, 0.25) is 5.02 Å². The molecule has 1 aliphatic carbocycles. The van der Waals surface area contributed by atoms with E-state index in [1.165, 1.54) is 25.7 Å². The minimum Gasteiger partial charge on any atom is -0.492 e. The number of hydrogen-bond acceptors (Lipinski definition) is 2. The Hall–Kier alpha value is -1.02. The van der Waals surface area contributed by atoms with E-state index in [9.17, 15) is 4.79 Å². The van der Waals surface area contributed by atoms with E-state index in [2.05, 4.69) is 0 Å². The Kier molecular flexibility index (Phi) is 3.29. The van der Waals surface area contributed by atoms with Crippen LogP contribution in [-0.4, -0.2) is 12.4 Å². The molecule has 2 nitrogen and oxygen atoms in total. The largest absolute Gasteiger partial charge is 0.492 e. The fraction of sp³-hybridized carbons (Fsp3) is 0.533. The predicted octanol–water partition coefficient (Wildman–Crippen LogP) is 4.04. The van der Waals surface area contributed by atoms with Crippen LogP contribution in [-0.2, 0) is 6.42 Å². The molecule has 0 spiro atoms. The van der Waals surface area contributed by atoms with Crippen LogP contribution in [0.15, 0.2) is 12.1 Å². The van der Waals surface area contributed by atoms with Crippen molar-refractivity contribution >= 4 is 17.4 Å². The first-order chi connectivity index (χ1) is 8.74. The quantitative estimate of drug-likeness (QED) is 0.770. The highest BCUT2D eigenvalue weighted by Gasteiger charge is 2.25. The smallest absolute Gasteiger partial charge is 0.166 e. The van der Waals surface area contributed by atoms with E-state index in [4.69, 9.17) is 16.3 Å². The maximum atomic E-state index is 12.4. The van der Waals surface area contributed by atoms with Crippen LogP contribution in [0.3, 0.4) is 0 Å². The molecule has 0 atom stereocenters. The number of benzene rings is 1. The summed E-state index contributed by atoms with van der Waals surface area (Å²) in [4.78, 5) is 12.4. The van der Waals surface area contributed by atoms with Crippen molar-refractivity contribution < 1.29 is 9.53 Å². The second-order valence-electron chi connectivity index (χ2n) is 5.32. The average Bonchev–Trinajstić information content (AvgIpc) is 2.97. The maximum absolute atomic E-state index is 12.4. The second kappa shape index (κ2) is 4.93. The van der Waals surface area contributed by atoms with Crippen LogP contribution in [0.5, 0.6) is 5.75 Å². The van der Waals surface area contributed by atoms with E-state index in [0.717, 1.165) is 17.7 Å². The van der Waals surface area contributed by atoms with Gasteiger partial charge in [0.25, 0.3) is 0 Å². The summed E-state index contributed by atoms with van der Waals surface area (Å²) < 4.78 is 5.59. The molecule has 1 aromatic carbocycles. The molecule has 3 heteroatoms. The molecule has 1 fully saturated rings. The van der Waals surface area contributed by atoms with Gasteiger partial charge in [0, 0.05) is 17.9 Å². The molecule has 3 rings (SSSR count). The molecule has 2 aliphatic rings. The van der Waals surface area contributed by atoms with E-state index < -0.39 is 0 Å². The number of fused-ring (bicyclic) bond motifs is 1. The molecule has 0 saturated heterocycles. The minimum absolute atomic E-state index is 0.197. The summed E-state index contributed by atoms with van der Waals surface area (Å²) in [6, 6.07) is 3.68. The van der Waals surface area contributed by atoms with Crippen molar-refractivity contribution in [2.45, 2.75) is 38.5 Å². The van der Waals surface area contributed by atoms with Gasteiger partial charge in [-0.2, -0.15) is 0 Å². The van der Waals surface area contributed by atoms with Crippen molar-refractivity contribution in [1.82, 2.24) is 0 Å². The Morgan fingerprint density at radius 3 is 2.89 bits per heavy atom. The number of ketones is 1. The van der Waals surface area contributed by atoms with Gasteiger partial charge < -0.3 is 4.74 Å². The van der Waals surface area contributed by atoms with Gasteiger partial charge in [-0.3, -0.25) is 4.79 Å². The summed E-state index contributed by atoms with van der Waals surface area (Å²) in [6.45, 7) is 0.666. The SMILES string of the molecule is O=C(CC1CCCC1)c1cc(Cl)cc2c1OCC2. The lowest BCUT2D eigenvalue weighted by atomic mass is 9.95. The summed E-state index contributed by atoms with van der Waals surface area (Å²) in [7, 11) is 0. The lowest BCUT2D eigenvalue weighted by Crippen LogP contribution is -2.07. The Labute approximate surface area is 112 Å². The van der Waals surface area contributed by atoms with E-state index >= 15 is 0 Å². The topological polar surface area (TPSA) is 26.3 Å². The normalized spacial score (nSPS) is 18.7. The Bertz CT molecular complexity index is 476. The molecule has 96 valence electrons. The summed E-state index contributed by atoms with van der Waals surface area (Å²) in [6.07, 6.45) is 6.42. The molecule has 18 heavy (non-hydrogen) atoms. The number of Topliss-reactive ketones (excluding diaryl/α,β-unsaturated/α-hetero) is 1. The van der Waals surface area contributed by atoms with Crippen molar-refractivity contribution in [1.29, 1.82) is 0 Å². The molecule has 1 aromatic rings. The molecule has 1 aliphatic heterocycles. The highest BCUT2D eigenvalue weighted by atomic mass is 35.5. The zero-order valence-electron chi connectivity index (χ0n) is 10.4. The van der Waals surface area contributed by atoms with Gasteiger partial charge in [0.15, 0.2) is 5.78 Å². The van der Waals surface area contributed by atoms with Gasteiger partial charge in [0.05, 0.1) is 12.2 Å². The molecule has 0 radical (unpaired) electrons. The number of ether oxygens (including phenoxy) is 1. The Morgan fingerprint density at radius 2 is 2.11 bits per heavy atom. The monoisotopic (exact) mass is 264 g/mol. The molecule has 0 aromatic heterocycles. The van der Waals surface area contributed by atoms with E-state index in [1.807, 2.05) is 6.07 Å². The van der Waals surface area contributed by atoms with E-state index in [1.54, 1.807) is 6.07 Å². The molecular weight excluding hydrogens is 248 g/mol. The third-order valence-corrected chi connectivity index (χ3v) is 4.22. The summed E-state index contributed by atoms with van der Waals surface area (Å²) >= 11 is 6.08. The third kappa shape index (κ3) is 2.26. The molecule has 0 amide bonds. The first-order valence-corrected chi connectivity index (χ1v) is 7.10. The van der Waals surface area contributed by atoms with Gasteiger partial charge in [-0.15, -0.1) is 0 Å². The first kappa shape index (κ1) is 12.0. The average molecular weight is 265 g/mol. The molecule has 0 unspecified atom stereocenters. The molecule has 0 bridgehead atoms. The number of carbonyl (C=O) groups excluding carboxylic acids is 1. The number of hydrogen-bond donors (Lipinski definition) is 0. The van der Waals surface area contributed by atoms with Gasteiger partial charge >= 0.3 is 0 Å². The fourth-order valence-electron chi connectivity index (χ4n) is 3.06. The number of rotatable bonds is 3. The fourth-order valence-corrected chi connectivity index (χ4v) is 3.30. The third-order valence-electron chi connectivity index (χ3n) is 4.00. The highest BCUT2D eigenvalue weighted by Crippen LogP contribution is 2.35. The van der Waals surface area contributed by atoms with Gasteiger partial charge in [-0.25, -0.2) is 0 Å². The van der Waals surface area contributed by atoms with Crippen LogP contribution in [0.25, 0.3) is 0 Å². The predicted molar refractivity (Wildman–Crippen MR) is 71.6 cm³/mol. The van der Waals surface area contributed by atoms with Crippen molar-refractivity contribution in [2.24, 2.45) is 5.92 Å². The standard InChI is InChI=1S/C15H17ClO2/c16-12-8-11-5-6-18-15(11)13(9-12)14(17)7-10-3-1-2-4-10/h8-10H,1-7H2. The van der Waals surface area contributed by atoms with Gasteiger partial charge in [-0.05, 0) is 23.6 Å². The zero-order chi connectivity index (χ0) is 12.5. The van der Waals surface area contributed by atoms with Crippen LogP contribution in [0, 0.1) is 5.92 Å². The van der Waals surface area contributed by atoms with Crippen molar-refractivity contribution in [2.75, 3.05) is 6.61 Å². The molecule has 1 saturated carbocycles. The van der Waals surface area contributed by atoms with Crippen LogP contribution in [0.4, 0.5) is 0 Å². The van der Waals surface area contributed by atoms with Crippen LogP contribution in [0.1, 0.15) is 48.0 Å². The molecular formula is C15H17ClO2. The van der Waals surface area contributed by atoms with Gasteiger partial charge in [-0.1, -0.05) is 37.3 Å². The van der Waals surface area contributed by atoms with Crippen molar-refractivity contribution in [3.05, 3.63) is 28.3 Å². The lowest BCUT2D eigenvalue weighted by molar-refractivity contribution is 0.0959. The lowest BCUT2D eigenvalue weighted by Gasteiger charge is -2.11. The number of carbonyl (C=O) groups is 1. The summed E-state index contributed by atoms with van der Waals surface area (Å²) in [5.41, 5.74) is 1.78. The van der Waals surface area contributed by atoms with E-state index in [-0.39, 0.29) is 5.78 Å². The van der Waals surface area contributed by atoms with Gasteiger partial charge in [0.2, 0.25) is 0 Å².